The van der Waals surface area contributed by atoms with Gasteiger partial charge >= 0.3 is 0 Å². The van der Waals surface area contributed by atoms with E-state index in [1.807, 2.05) is 36.4 Å². The molecule has 2 heterocycles. The predicted octanol–water partition coefficient (Wildman–Crippen LogP) is 6.26. The van der Waals surface area contributed by atoms with Gasteiger partial charge in [0.2, 0.25) is 5.88 Å². The molecule has 34 heavy (non-hydrogen) atoms. The lowest BCUT2D eigenvalue weighted by Gasteiger charge is -2.21. The molecule has 2 aromatic carbocycles. The van der Waals surface area contributed by atoms with Crippen LogP contribution in [0.3, 0.4) is 0 Å². The van der Waals surface area contributed by atoms with Crippen LogP contribution in [-0.4, -0.2) is 39.1 Å². The van der Waals surface area contributed by atoms with Gasteiger partial charge in [0.1, 0.15) is 11.3 Å². The Balaban J connectivity index is 1.73. The number of unbranched alkanes of at least 4 members (excludes halogenated alkanes) is 1. The third kappa shape index (κ3) is 4.79. The number of likely N-dealkylation sites (tertiary alicyclic amines) is 1. The van der Waals surface area contributed by atoms with Crippen molar-refractivity contribution in [3.8, 4) is 22.8 Å². The first-order chi connectivity index (χ1) is 16.4. The molecule has 2 N–H and O–H groups in total. The van der Waals surface area contributed by atoms with Crippen LogP contribution in [0.5, 0.6) is 11.6 Å². The maximum atomic E-state index is 13.5. The minimum Gasteiger partial charge on any atom is -0.506 e. The molecule has 178 valence electrons. The summed E-state index contributed by atoms with van der Waals surface area (Å²) < 4.78 is 0. The third-order valence-electron chi connectivity index (χ3n) is 6.80. The van der Waals surface area contributed by atoms with Crippen molar-refractivity contribution in [1.29, 1.82) is 0 Å². The van der Waals surface area contributed by atoms with E-state index in [2.05, 4.69) is 44.0 Å². The van der Waals surface area contributed by atoms with Gasteiger partial charge in [0.05, 0.1) is 5.69 Å². The first kappa shape index (κ1) is 23.8. The van der Waals surface area contributed by atoms with Gasteiger partial charge in [0.15, 0.2) is 0 Å². The summed E-state index contributed by atoms with van der Waals surface area (Å²) in [6.45, 7) is 7.47. The molecule has 5 nitrogen and oxygen atoms in total. The zero-order chi connectivity index (χ0) is 24.2. The van der Waals surface area contributed by atoms with E-state index in [1.165, 1.54) is 5.56 Å². The molecule has 0 bridgehead atoms. The van der Waals surface area contributed by atoms with E-state index in [0.717, 1.165) is 30.4 Å². The zero-order valence-electron chi connectivity index (χ0n) is 20.3. The number of carbonyl (C=O) groups is 1. The summed E-state index contributed by atoms with van der Waals surface area (Å²) in [5.74, 6) is -0.363. The highest BCUT2D eigenvalue weighted by molar-refractivity contribution is 6.01. The highest BCUT2D eigenvalue weighted by atomic mass is 16.3. The molecule has 0 aliphatic carbocycles. The van der Waals surface area contributed by atoms with E-state index in [4.69, 9.17) is 0 Å². The second-order valence-electron chi connectivity index (χ2n) is 9.51. The van der Waals surface area contributed by atoms with Crippen LogP contribution in [0.2, 0.25) is 0 Å². The number of benzene rings is 2. The number of aromatic nitrogens is 1. The Kier molecular flexibility index (Phi) is 7.20. The van der Waals surface area contributed by atoms with Gasteiger partial charge < -0.3 is 15.1 Å². The van der Waals surface area contributed by atoms with Gasteiger partial charge in [0, 0.05) is 24.6 Å². The lowest BCUT2D eigenvalue weighted by molar-refractivity contribution is 0.0783. The van der Waals surface area contributed by atoms with Crippen molar-refractivity contribution < 1.29 is 15.0 Å². The Bertz CT molecular complexity index is 1160. The summed E-state index contributed by atoms with van der Waals surface area (Å²) in [6, 6.07) is 18.2. The van der Waals surface area contributed by atoms with E-state index in [1.54, 1.807) is 4.90 Å². The number of rotatable bonds is 7. The van der Waals surface area contributed by atoms with Gasteiger partial charge in [-0.3, -0.25) is 4.79 Å². The zero-order valence-corrected chi connectivity index (χ0v) is 20.3. The molecule has 4 rings (SSSR count). The molecule has 1 amide bonds. The molecule has 1 saturated heterocycles. The van der Waals surface area contributed by atoms with Crippen molar-refractivity contribution in [3.05, 3.63) is 77.0 Å². The Morgan fingerprint density at radius 2 is 1.88 bits per heavy atom. The van der Waals surface area contributed by atoms with Gasteiger partial charge in [0.25, 0.3) is 5.91 Å². The van der Waals surface area contributed by atoms with E-state index in [0.29, 0.717) is 36.7 Å². The summed E-state index contributed by atoms with van der Waals surface area (Å²) in [7, 11) is 0. The van der Waals surface area contributed by atoms with Crippen molar-refractivity contribution in [3.63, 3.8) is 0 Å². The molecule has 1 fully saturated rings. The number of hydrogen-bond donors (Lipinski definition) is 2. The van der Waals surface area contributed by atoms with Crippen molar-refractivity contribution in [2.75, 3.05) is 13.1 Å². The fraction of sp³-hybridized carbons (Fsp3) is 0.379. The first-order valence-corrected chi connectivity index (χ1v) is 12.3. The Hall–Kier alpha value is -3.34. The second-order valence-corrected chi connectivity index (χ2v) is 9.51. The Morgan fingerprint density at radius 3 is 2.59 bits per heavy atom. The number of amides is 1. The molecule has 0 spiro atoms. The molecule has 1 aliphatic heterocycles. The van der Waals surface area contributed by atoms with Crippen LogP contribution in [0.25, 0.3) is 11.1 Å². The molecule has 1 aliphatic rings. The van der Waals surface area contributed by atoms with Crippen LogP contribution in [0, 0.1) is 0 Å². The topological polar surface area (TPSA) is 73.7 Å². The molecular formula is C29H34N2O3. The van der Waals surface area contributed by atoms with E-state index < -0.39 is 0 Å². The monoisotopic (exact) mass is 458 g/mol. The number of aromatic hydroxyl groups is 2. The van der Waals surface area contributed by atoms with Crippen molar-refractivity contribution in [2.45, 2.75) is 58.3 Å². The molecule has 0 unspecified atom stereocenters. The van der Waals surface area contributed by atoms with Gasteiger partial charge in [-0.15, -0.1) is 0 Å². The smallest absolute Gasteiger partial charge is 0.263 e. The minimum atomic E-state index is -0.388. The molecule has 5 heteroatoms. The van der Waals surface area contributed by atoms with Gasteiger partial charge in [-0.25, -0.2) is 4.98 Å². The lowest BCUT2D eigenvalue weighted by atomic mass is 9.93. The summed E-state index contributed by atoms with van der Waals surface area (Å²) in [6.07, 6.45) is 3.31. The van der Waals surface area contributed by atoms with Crippen LogP contribution in [0.15, 0.2) is 54.6 Å². The summed E-state index contributed by atoms with van der Waals surface area (Å²) in [5.41, 5.74) is 4.24. The van der Waals surface area contributed by atoms with Crippen LogP contribution >= 0.6 is 0 Å². The van der Waals surface area contributed by atoms with E-state index in [-0.39, 0.29) is 29.0 Å². The van der Waals surface area contributed by atoms with Crippen LogP contribution < -0.4 is 0 Å². The molecule has 1 atom stereocenters. The van der Waals surface area contributed by atoms with Crippen LogP contribution in [-0.2, 0) is 6.42 Å². The highest BCUT2D eigenvalue weighted by Crippen LogP contribution is 2.41. The highest BCUT2D eigenvalue weighted by Gasteiger charge is 2.33. The summed E-state index contributed by atoms with van der Waals surface area (Å²) >= 11 is 0. The largest absolute Gasteiger partial charge is 0.506 e. The number of aryl methyl sites for hydroxylation is 1. The fourth-order valence-electron chi connectivity index (χ4n) is 4.79. The first-order valence-electron chi connectivity index (χ1n) is 12.3. The maximum Gasteiger partial charge on any atom is 0.263 e. The number of hydrogen-bond acceptors (Lipinski definition) is 4. The quantitative estimate of drug-likeness (QED) is 0.438. The molecular weight excluding hydrogens is 424 g/mol. The van der Waals surface area contributed by atoms with E-state index in [9.17, 15) is 15.0 Å². The molecule has 1 aromatic heterocycles. The summed E-state index contributed by atoms with van der Waals surface area (Å²) in [5, 5.41) is 22.2. The van der Waals surface area contributed by atoms with Crippen molar-refractivity contribution in [1.82, 2.24) is 9.88 Å². The minimum absolute atomic E-state index is 0.0982. The van der Waals surface area contributed by atoms with Crippen molar-refractivity contribution >= 4 is 5.91 Å². The number of carbonyl (C=O) groups excluding carboxylic acids is 1. The van der Waals surface area contributed by atoms with Crippen molar-refractivity contribution in [2.24, 2.45) is 0 Å². The third-order valence-corrected chi connectivity index (χ3v) is 6.80. The molecule has 3 aromatic rings. The molecule has 0 saturated carbocycles. The van der Waals surface area contributed by atoms with Gasteiger partial charge in [-0.05, 0) is 41.9 Å². The number of nitrogens with zero attached hydrogens (tertiary/aromatic N) is 2. The average molecular weight is 459 g/mol. The van der Waals surface area contributed by atoms with Crippen LogP contribution in [0.1, 0.15) is 79.0 Å². The van der Waals surface area contributed by atoms with Gasteiger partial charge in [-0.2, -0.15) is 0 Å². The second kappa shape index (κ2) is 10.3. The summed E-state index contributed by atoms with van der Waals surface area (Å²) in [4.78, 5) is 19.7. The van der Waals surface area contributed by atoms with Crippen LogP contribution in [0.4, 0.5) is 0 Å². The maximum absolute atomic E-state index is 13.5. The predicted molar refractivity (Wildman–Crippen MR) is 135 cm³/mol. The normalized spacial score (nSPS) is 15.8. The Labute approximate surface area is 202 Å². The average Bonchev–Trinajstić information content (AvgIpc) is 3.33. The fourth-order valence-corrected chi connectivity index (χ4v) is 4.79. The SMILES string of the molecule is CCCCc1nc(O)c(C(=O)N2CC[C@H](c3ccccc3)C2)c(O)c1-c1cccc(C(C)C)c1. The van der Waals surface area contributed by atoms with E-state index >= 15 is 0 Å². The Morgan fingerprint density at radius 1 is 1.12 bits per heavy atom. The standard InChI is InChI=1S/C29H34N2O3/c1-4-5-14-24-25(22-13-9-12-21(17-22)19(2)3)27(32)26(28(33)30-24)29(34)31-16-15-23(18-31)20-10-7-6-8-11-20/h6-13,17,19,23H,4-5,14-16,18H2,1-3H3,(H2,30,32,33)/t23-/m0/s1. The lowest BCUT2D eigenvalue weighted by Crippen LogP contribution is -2.29. The van der Waals surface area contributed by atoms with Gasteiger partial charge in [-0.1, -0.05) is 81.8 Å². The number of pyridine rings is 1. The molecule has 0 radical (unpaired) electrons.